The maximum absolute atomic E-state index is 12.4. The fraction of sp³-hybridized carbons (Fsp3) is 0.267. The van der Waals surface area contributed by atoms with Crippen molar-refractivity contribution in [3.63, 3.8) is 0 Å². The number of thiazole rings is 1. The smallest absolute Gasteiger partial charge is 0.263 e. The van der Waals surface area contributed by atoms with Crippen molar-refractivity contribution >= 4 is 17.2 Å². The molecule has 0 bridgehead atoms. The van der Waals surface area contributed by atoms with Gasteiger partial charge in [0.05, 0.1) is 12.0 Å². The maximum Gasteiger partial charge on any atom is 0.263 e. The van der Waals surface area contributed by atoms with Gasteiger partial charge in [-0.3, -0.25) is 4.79 Å². The quantitative estimate of drug-likeness (QED) is 0.773. The molecule has 0 aromatic carbocycles. The zero-order valence-corrected chi connectivity index (χ0v) is 13.6. The Morgan fingerprint density at radius 3 is 2.83 bits per heavy atom. The highest BCUT2D eigenvalue weighted by Gasteiger charge is 2.18. The summed E-state index contributed by atoms with van der Waals surface area (Å²) < 4.78 is 1.92. The van der Waals surface area contributed by atoms with E-state index >= 15 is 0 Å². The minimum absolute atomic E-state index is 0.0189. The number of aromatic nitrogens is 5. The summed E-state index contributed by atoms with van der Waals surface area (Å²) in [6.45, 7) is 4.44. The van der Waals surface area contributed by atoms with Crippen molar-refractivity contribution in [3.8, 4) is 10.8 Å². The SMILES string of the molecule is Cc1nc(-c2ncccn2)sc1C(=O)N[C@H](C)Cn1ccnc1. The Bertz CT molecular complexity index is 784. The number of amides is 1. The number of hydrogen-bond acceptors (Lipinski definition) is 6. The van der Waals surface area contributed by atoms with E-state index in [0.717, 1.165) is 0 Å². The van der Waals surface area contributed by atoms with E-state index in [1.807, 2.05) is 24.6 Å². The molecule has 0 unspecified atom stereocenters. The molecule has 1 amide bonds. The van der Waals surface area contributed by atoms with Crippen LogP contribution in [-0.4, -0.2) is 36.5 Å². The molecule has 1 N–H and O–H groups in total. The second kappa shape index (κ2) is 6.66. The molecule has 3 aromatic rings. The molecule has 0 aliphatic rings. The predicted molar refractivity (Wildman–Crippen MR) is 87.0 cm³/mol. The highest BCUT2D eigenvalue weighted by Crippen LogP contribution is 2.25. The van der Waals surface area contributed by atoms with Gasteiger partial charge in [0.25, 0.3) is 5.91 Å². The second-order valence-corrected chi connectivity index (χ2v) is 6.14. The highest BCUT2D eigenvalue weighted by molar-refractivity contribution is 7.17. The van der Waals surface area contributed by atoms with Crippen molar-refractivity contribution in [1.29, 1.82) is 0 Å². The van der Waals surface area contributed by atoms with Crippen LogP contribution in [0.2, 0.25) is 0 Å². The van der Waals surface area contributed by atoms with Crippen LogP contribution in [0.5, 0.6) is 0 Å². The Labute approximate surface area is 137 Å². The fourth-order valence-electron chi connectivity index (χ4n) is 2.16. The monoisotopic (exact) mass is 328 g/mol. The van der Waals surface area contributed by atoms with Gasteiger partial charge in [-0.05, 0) is 19.9 Å². The van der Waals surface area contributed by atoms with E-state index in [0.29, 0.717) is 27.9 Å². The van der Waals surface area contributed by atoms with Gasteiger partial charge in [-0.25, -0.2) is 19.9 Å². The first kappa shape index (κ1) is 15.3. The van der Waals surface area contributed by atoms with E-state index in [1.165, 1.54) is 11.3 Å². The van der Waals surface area contributed by atoms with Crippen LogP contribution in [0, 0.1) is 6.92 Å². The minimum Gasteiger partial charge on any atom is -0.347 e. The van der Waals surface area contributed by atoms with Crippen LogP contribution in [0.15, 0.2) is 37.2 Å². The lowest BCUT2D eigenvalue weighted by molar-refractivity contribution is 0.0940. The largest absolute Gasteiger partial charge is 0.347 e. The summed E-state index contributed by atoms with van der Waals surface area (Å²) >= 11 is 1.30. The average molecular weight is 328 g/mol. The molecule has 0 saturated heterocycles. The molecule has 0 fully saturated rings. The van der Waals surface area contributed by atoms with Gasteiger partial charge in [-0.1, -0.05) is 0 Å². The van der Waals surface area contributed by atoms with Crippen molar-refractivity contribution in [2.24, 2.45) is 0 Å². The van der Waals surface area contributed by atoms with E-state index in [-0.39, 0.29) is 11.9 Å². The van der Waals surface area contributed by atoms with Crippen molar-refractivity contribution < 1.29 is 4.79 Å². The zero-order chi connectivity index (χ0) is 16.2. The molecule has 3 rings (SSSR count). The van der Waals surface area contributed by atoms with Gasteiger partial charge < -0.3 is 9.88 Å². The molecule has 0 aliphatic heterocycles. The van der Waals surface area contributed by atoms with Crippen LogP contribution in [0.4, 0.5) is 0 Å². The molecule has 8 heteroatoms. The van der Waals surface area contributed by atoms with E-state index in [1.54, 1.807) is 31.0 Å². The lowest BCUT2D eigenvalue weighted by Gasteiger charge is -2.13. The van der Waals surface area contributed by atoms with Gasteiger partial charge in [0, 0.05) is 37.4 Å². The first-order valence-corrected chi connectivity index (χ1v) is 7.96. The van der Waals surface area contributed by atoms with Gasteiger partial charge in [0.1, 0.15) is 4.88 Å². The van der Waals surface area contributed by atoms with Crippen LogP contribution in [0.3, 0.4) is 0 Å². The molecule has 3 aromatic heterocycles. The van der Waals surface area contributed by atoms with E-state index < -0.39 is 0 Å². The van der Waals surface area contributed by atoms with Crippen molar-refractivity contribution in [2.75, 3.05) is 0 Å². The van der Waals surface area contributed by atoms with Crippen LogP contribution in [0.1, 0.15) is 22.3 Å². The number of nitrogens with one attached hydrogen (secondary N) is 1. The molecule has 118 valence electrons. The van der Waals surface area contributed by atoms with Crippen LogP contribution >= 0.6 is 11.3 Å². The lowest BCUT2D eigenvalue weighted by Crippen LogP contribution is -2.35. The first-order valence-electron chi connectivity index (χ1n) is 7.15. The minimum atomic E-state index is -0.130. The predicted octanol–water partition coefficient (Wildman–Crippen LogP) is 1.92. The average Bonchev–Trinajstić information content (AvgIpc) is 3.17. The molecule has 0 radical (unpaired) electrons. The van der Waals surface area contributed by atoms with Gasteiger partial charge in [-0.2, -0.15) is 0 Å². The number of aryl methyl sites for hydroxylation is 1. The van der Waals surface area contributed by atoms with E-state index in [2.05, 4.69) is 25.3 Å². The Morgan fingerprint density at radius 2 is 2.13 bits per heavy atom. The topological polar surface area (TPSA) is 85.6 Å². The van der Waals surface area contributed by atoms with Crippen molar-refractivity contribution in [1.82, 2.24) is 29.8 Å². The molecule has 1 atom stereocenters. The summed E-state index contributed by atoms with van der Waals surface area (Å²) in [5.41, 5.74) is 0.685. The normalized spacial score (nSPS) is 12.1. The van der Waals surface area contributed by atoms with Crippen molar-refractivity contribution in [2.45, 2.75) is 26.4 Å². The third kappa shape index (κ3) is 3.59. The van der Waals surface area contributed by atoms with E-state index in [4.69, 9.17) is 0 Å². The number of carbonyl (C=O) groups is 1. The number of nitrogens with zero attached hydrogens (tertiary/aromatic N) is 5. The summed E-state index contributed by atoms with van der Waals surface area (Å²) in [7, 11) is 0. The Balaban J connectivity index is 1.71. The highest BCUT2D eigenvalue weighted by atomic mass is 32.1. The van der Waals surface area contributed by atoms with Gasteiger partial charge in [0.2, 0.25) is 0 Å². The molecule has 0 aliphatic carbocycles. The third-order valence-electron chi connectivity index (χ3n) is 3.18. The van der Waals surface area contributed by atoms with Crippen LogP contribution in [-0.2, 0) is 6.54 Å². The third-order valence-corrected chi connectivity index (χ3v) is 4.33. The Kier molecular flexibility index (Phi) is 4.42. The number of rotatable bonds is 5. The Hall–Kier alpha value is -2.61. The number of hydrogen-bond donors (Lipinski definition) is 1. The summed E-state index contributed by atoms with van der Waals surface area (Å²) in [4.78, 5) is 29.8. The molecule has 3 heterocycles. The van der Waals surface area contributed by atoms with Gasteiger partial charge >= 0.3 is 0 Å². The van der Waals surface area contributed by atoms with Crippen LogP contribution < -0.4 is 5.32 Å². The van der Waals surface area contributed by atoms with Gasteiger partial charge in [0.15, 0.2) is 10.8 Å². The first-order chi connectivity index (χ1) is 11.1. The number of carbonyl (C=O) groups excluding carboxylic acids is 1. The molecule has 7 nitrogen and oxygen atoms in total. The summed E-state index contributed by atoms with van der Waals surface area (Å²) in [6, 6.07) is 1.73. The lowest BCUT2D eigenvalue weighted by atomic mass is 10.3. The summed E-state index contributed by atoms with van der Waals surface area (Å²) in [5, 5.41) is 3.63. The van der Waals surface area contributed by atoms with Gasteiger partial charge in [-0.15, -0.1) is 11.3 Å². The standard InChI is InChI=1S/C15H16N6OS/c1-10(8-21-7-6-16-9-21)19-14(22)12-11(2)20-15(23-12)13-17-4-3-5-18-13/h3-7,9-10H,8H2,1-2H3,(H,19,22)/t10-/m1/s1. The molecular weight excluding hydrogens is 312 g/mol. The molecule has 0 spiro atoms. The number of imidazole rings is 1. The zero-order valence-electron chi connectivity index (χ0n) is 12.8. The Morgan fingerprint density at radius 1 is 1.35 bits per heavy atom. The fourth-order valence-corrected chi connectivity index (χ4v) is 3.08. The summed E-state index contributed by atoms with van der Waals surface area (Å²) in [6.07, 6.45) is 8.63. The molecule has 23 heavy (non-hydrogen) atoms. The van der Waals surface area contributed by atoms with E-state index in [9.17, 15) is 4.79 Å². The van der Waals surface area contributed by atoms with Crippen LogP contribution in [0.25, 0.3) is 10.8 Å². The molecule has 0 saturated carbocycles. The van der Waals surface area contributed by atoms with Crippen molar-refractivity contribution in [3.05, 3.63) is 47.8 Å². The molecular formula is C15H16N6OS. The second-order valence-electron chi connectivity index (χ2n) is 5.14. The summed E-state index contributed by atoms with van der Waals surface area (Å²) in [5.74, 6) is 0.404. The maximum atomic E-state index is 12.4.